The summed E-state index contributed by atoms with van der Waals surface area (Å²) in [4.78, 5) is 26.0. The summed E-state index contributed by atoms with van der Waals surface area (Å²) in [6.07, 6.45) is 2.22. The highest BCUT2D eigenvalue weighted by atomic mass is 19.1. The normalized spacial score (nSPS) is 17.7. The molecule has 1 aromatic carbocycles. The highest BCUT2D eigenvalue weighted by Crippen LogP contribution is 2.22. The molecule has 0 aliphatic carbocycles. The average Bonchev–Trinajstić information content (AvgIpc) is 2.54. The quantitative estimate of drug-likeness (QED) is 0.838. The number of carboxylic acids is 1. The molecule has 1 heterocycles. The van der Waals surface area contributed by atoms with Gasteiger partial charge in [0.05, 0.1) is 0 Å². The van der Waals surface area contributed by atoms with Crippen molar-refractivity contribution in [3.8, 4) is 0 Å². The minimum absolute atomic E-state index is 0.269. The lowest BCUT2D eigenvalue weighted by Crippen LogP contribution is -2.40. The van der Waals surface area contributed by atoms with Crippen molar-refractivity contribution in [2.24, 2.45) is 5.92 Å². The highest BCUT2D eigenvalue weighted by Gasteiger charge is 2.26. The molecular weight excluding hydrogens is 311 g/mol. The number of halogens is 1. The molecule has 5 nitrogen and oxygen atoms in total. The van der Waals surface area contributed by atoms with Crippen LogP contribution >= 0.6 is 0 Å². The number of aliphatic carboxylic acids is 1. The fourth-order valence-corrected chi connectivity index (χ4v) is 3.10. The third kappa shape index (κ3) is 5.03. The summed E-state index contributed by atoms with van der Waals surface area (Å²) in [6, 6.07) is 4.52. The largest absolute Gasteiger partial charge is 0.479 e. The van der Waals surface area contributed by atoms with Crippen LogP contribution in [-0.4, -0.2) is 41.0 Å². The van der Waals surface area contributed by atoms with E-state index in [0.717, 1.165) is 25.9 Å². The lowest BCUT2D eigenvalue weighted by molar-refractivity contribution is -0.142. The second-order valence-electron chi connectivity index (χ2n) is 6.67. The van der Waals surface area contributed by atoms with Crippen molar-refractivity contribution < 1.29 is 19.1 Å². The molecule has 6 heteroatoms. The van der Waals surface area contributed by atoms with Crippen LogP contribution in [-0.2, 0) is 9.59 Å². The van der Waals surface area contributed by atoms with Crippen LogP contribution in [0.5, 0.6) is 0 Å². The highest BCUT2D eigenvalue weighted by molar-refractivity contribution is 5.84. The Balaban J connectivity index is 1.90. The molecule has 132 valence electrons. The van der Waals surface area contributed by atoms with Crippen LogP contribution < -0.4 is 5.32 Å². The zero-order valence-electron chi connectivity index (χ0n) is 14.2. The number of carbonyl (C=O) groups is 2. The predicted molar refractivity (Wildman–Crippen MR) is 89.0 cm³/mol. The summed E-state index contributed by atoms with van der Waals surface area (Å²) < 4.78 is 13.0. The lowest BCUT2D eigenvalue weighted by atomic mass is 9.92. The van der Waals surface area contributed by atoms with Gasteiger partial charge in [-0.25, -0.2) is 9.18 Å². The minimum atomic E-state index is -1.15. The van der Waals surface area contributed by atoms with Gasteiger partial charge >= 0.3 is 5.97 Å². The lowest BCUT2D eigenvalue weighted by Gasteiger charge is -2.34. The first kappa shape index (κ1) is 18.4. The maximum atomic E-state index is 13.0. The van der Waals surface area contributed by atoms with Crippen molar-refractivity contribution in [1.29, 1.82) is 0 Å². The number of piperidine rings is 1. The number of amides is 1. The number of nitrogens with one attached hydrogen (secondary N) is 1. The standard InChI is InChI=1S/C18H25FN2O3/c1-12(2)21-9-7-13(8-10-21)11-16(22)20-17(18(23)24)14-3-5-15(19)6-4-14/h3-6,12-13,17H,7-11H2,1-2H3,(H,20,22)(H,23,24)/t17-/m1/s1. The number of likely N-dealkylation sites (tertiary alicyclic amines) is 1. The average molecular weight is 336 g/mol. The molecule has 1 aromatic rings. The van der Waals surface area contributed by atoms with Gasteiger partial charge in [0.15, 0.2) is 6.04 Å². The van der Waals surface area contributed by atoms with Crippen LogP contribution in [0.2, 0.25) is 0 Å². The minimum Gasteiger partial charge on any atom is -0.479 e. The van der Waals surface area contributed by atoms with Crippen molar-refractivity contribution in [2.45, 2.75) is 45.2 Å². The summed E-state index contributed by atoms with van der Waals surface area (Å²) >= 11 is 0. The van der Waals surface area contributed by atoms with E-state index in [1.807, 2.05) is 0 Å². The molecular formula is C18H25FN2O3. The van der Waals surface area contributed by atoms with E-state index < -0.39 is 17.8 Å². The third-order valence-electron chi connectivity index (χ3n) is 4.61. The molecule has 2 N–H and O–H groups in total. The van der Waals surface area contributed by atoms with E-state index in [2.05, 4.69) is 24.1 Å². The first-order valence-corrected chi connectivity index (χ1v) is 8.38. The molecule has 0 spiro atoms. The number of benzene rings is 1. The predicted octanol–water partition coefficient (Wildman–Crippen LogP) is 2.58. The number of hydrogen-bond acceptors (Lipinski definition) is 3. The van der Waals surface area contributed by atoms with E-state index in [9.17, 15) is 19.1 Å². The van der Waals surface area contributed by atoms with Gasteiger partial charge in [0.2, 0.25) is 5.91 Å². The van der Waals surface area contributed by atoms with Crippen molar-refractivity contribution in [2.75, 3.05) is 13.1 Å². The maximum Gasteiger partial charge on any atom is 0.330 e. The molecule has 0 aromatic heterocycles. The molecule has 0 radical (unpaired) electrons. The van der Waals surface area contributed by atoms with E-state index in [-0.39, 0.29) is 11.8 Å². The first-order chi connectivity index (χ1) is 11.4. The molecule has 1 atom stereocenters. The van der Waals surface area contributed by atoms with Gasteiger partial charge in [-0.1, -0.05) is 12.1 Å². The van der Waals surface area contributed by atoms with E-state index in [0.29, 0.717) is 18.0 Å². The van der Waals surface area contributed by atoms with Gasteiger partial charge in [-0.15, -0.1) is 0 Å². The van der Waals surface area contributed by atoms with E-state index in [1.165, 1.54) is 24.3 Å². The van der Waals surface area contributed by atoms with E-state index in [1.54, 1.807) is 0 Å². The number of nitrogens with zero attached hydrogens (tertiary/aromatic N) is 1. The Morgan fingerprint density at radius 2 is 1.83 bits per heavy atom. The van der Waals surface area contributed by atoms with Crippen LogP contribution in [0.3, 0.4) is 0 Å². The summed E-state index contributed by atoms with van der Waals surface area (Å²) in [6.45, 7) is 6.26. The van der Waals surface area contributed by atoms with Crippen molar-refractivity contribution in [3.05, 3.63) is 35.6 Å². The summed E-state index contributed by atoms with van der Waals surface area (Å²) in [5.41, 5.74) is 0.367. The number of hydrogen-bond donors (Lipinski definition) is 2. The molecule has 24 heavy (non-hydrogen) atoms. The van der Waals surface area contributed by atoms with Crippen LogP contribution in [0.25, 0.3) is 0 Å². The fraction of sp³-hybridized carbons (Fsp3) is 0.556. The summed E-state index contributed by atoms with van der Waals surface area (Å²) in [7, 11) is 0. The second-order valence-corrected chi connectivity index (χ2v) is 6.67. The van der Waals surface area contributed by atoms with Crippen molar-refractivity contribution in [1.82, 2.24) is 10.2 Å². The van der Waals surface area contributed by atoms with E-state index in [4.69, 9.17) is 0 Å². The van der Waals surface area contributed by atoms with Crippen LogP contribution in [0.15, 0.2) is 24.3 Å². The monoisotopic (exact) mass is 336 g/mol. The zero-order chi connectivity index (χ0) is 17.7. The zero-order valence-corrected chi connectivity index (χ0v) is 14.2. The Morgan fingerprint density at radius 1 is 1.25 bits per heavy atom. The second kappa shape index (κ2) is 8.24. The topological polar surface area (TPSA) is 69.6 Å². The molecule has 1 aliphatic heterocycles. The Bertz CT molecular complexity index is 566. The van der Waals surface area contributed by atoms with Gasteiger partial charge in [0.25, 0.3) is 0 Å². The van der Waals surface area contributed by atoms with Crippen LogP contribution in [0, 0.1) is 11.7 Å². The molecule has 0 bridgehead atoms. The SMILES string of the molecule is CC(C)N1CCC(CC(=O)N[C@@H](C(=O)O)c2ccc(F)cc2)CC1. The molecule has 1 amide bonds. The molecule has 2 rings (SSSR count). The smallest absolute Gasteiger partial charge is 0.330 e. The Hall–Kier alpha value is -1.95. The van der Waals surface area contributed by atoms with Crippen LogP contribution in [0.1, 0.15) is 44.7 Å². The number of carboxylic acid groups (broad SMARTS) is 1. The van der Waals surface area contributed by atoms with Crippen LogP contribution in [0.4, 0.5) is 4.39 Å². The molecule has 1 saturated heterocycles. The van der Waals surface area contributed by atoms with Gasteiger partial charge in [0.1, 0.15) is 5.82 Å². The Labute approximate surface area is 141 Å². The van der Waals surface area contributed by atoms with Gasteiger partial charge < -0.3 is 15.3 Å². The number of carbonyl (C=O) groups excluding carboxylic acids is 1. The molecule has 0 saturated carbocycles. The van der Waals surface area contributed by atoms with Crippen molar-refractivity contribution >= 4 is 11.9 Å². The summed E-state index contributed by atoms with van der Waals surface area (Å²) in [5, 5.41) is 11.9. The van der Waals surface area contributed by atoms with Gasteiger partial charge in [0, 0.05) is 12.5 Å². The third-order valence-corrected chi connectivity index (χ3v) is 4.61. The molecule has 1 aliphatic rings. The van der Waals surface area contributed by atoms with Crippen molar-refractivity contribution in [3.63, 3.8) is 0 Å². The van der Waals surface area contributed by atoms with E-state index >= 15 is 0 Å². The Morgan fingerprint density at radius 3 is 2.33 bits per heavy atom. The van der Waals surface area contributed by atoms with Gasteiger partial charge in [-0.2, -0.15) is 0 Å². The first-order valence-electron chi connectivity index (χ1n) is 8.38. The maximum absolute atomic E-state index is 13.0. The summed E-state index contributed by atoms with van der Waals surface area (Å²) in [5.74, 6) is -1.58. The van der Waals surface area contributed by atoms with Gasteiger partial charge in [-0.3, -0.25) is 4.79 Å². The molecule has 1 fully saturated rings. The van der Waals surface area contributed by atoms with Gasteiger partial charge in [-0.05, 0) is 63.4 Å². The Kier molecular flexibility index (Phi) is 6.31. The fourth-order valence-electron chi connectivity index (χ4n) is 3.10. The number of rotatable bonds is 6. The molecule has 0 unspecified atom stereocenters.